The van der Waals surface area contributed by atoms with E-state index < -0.39 is 21.9 Å². The van der Waals surface area contributed by atoms with Crippen LogP contribution in [0.15, 0.2) is 0 Å². The highest BCUT2D eigenvalue weighted by molar-refractivity contribution is 7.89. The van der Waals surface area contributed by atoms with Crippen molar-refractivity contribution >= 4 is 21.9 Å². The van der Waals surface area contributed by atoms with Gasteiger partial charge in [-0.25, -0.2) is 12.7 Å². The fourth-order valence-corrected chi connectivity index (χ4v) is 4.11. The minimum Gasteiger partial charge on any atom is -0.481 e. The van der Waals surface area contributed by atoms with Gasteiger partial charge in [-0.2, -0.15) is 0 Å². The summed E-state index contributed by atoms with van der Waals surface area (Å²) in [5.41, 5.74) is 0. The molecule has 2 rings (SSSR count). The Bertz CT molecular complexity index is 550. The Morgan fingerprint density at radius 2 is 1.78 bits per heavy atom. The topological polar surface area (TPSA) is 95.0 Å². The highest BCUT2D eigenvalue weighted by Gasteiger charge is 2.39. The predicted molar refractivity (Wildman–Crippen MR) is 85.3 cm³/mol. The van der Waals surface area contributed by atoms with E-state index in [1.807, 2.05) is 0 Å². The van der Waals surface area contributed by atoms with Gasteiger partial charge < -0.3 is 10.0 Å². The van der Waals surface area contributed by atoms with Crippen LogP contribution >= 0.6 is 0 Å². The average Bonchev–Trinajstić information content (AvgIpc) is 3.36. The van der Waals surface area contributed by atoms with Gasteiger partial charge in [0.2, 0.25) is 15.9 Å². The van der Waals surface area contributed by atoms with E-state index in [2.05, 4.69) is 0 Å². The molecule has 132 valence electrons. The number of nitrogens with zero attached hydrogens (tertiary/aromatic N) is 2. The van der Waals surface area contributed by atoms with Crippen molar-refractivity contribution in [2.24, 2.45) is 11.8 Å². The fourth-order valence-electron chi connectivity index (χ4n) is 2.98. The molecule has 8 heteroatoms. The third-order valence-corrected chi connectivity index (χ3v) is 6.61. The largest absolute Gasteiger partial charge is 0.481 e. The molecule has 23 heavy (non-hydrogen) atoms. The lowest BCUT2D eigenvalue weighted by Gasteiger charge is -2.34. The number of carbonyl (C=O) groups excluding carboxylic acids is 1. The van der Waals surface area contributed by atoms with Gasteiger partial charge in [0.25, 0.3) is 0 Å². The third-order valence-electron chi connectivity index (χ3n) is 4.72. The quantitative estimate of drug-likeness (QED) is 0.734. The molecule has 2 aliphatic rings. The number of carbonyl (C=O) groups is 2. The highest BCUT2D eigenvalue weighted by Crippen LogP contribution is 2.31. The molecule has 1 aliphatic carbocycles. The molecular weight excluding hydrogens is 320 g/mol. The number of carboxylic acids is 1. The van der Waals surface area contributed by atoms with Crippen molar-refractivity contribution in [3.63, 3.8) is 0 Å². The first kappa shape index (κ1) is 18.2. The first-order chi connectivity index (χ1) is 10.8. The number of rotatable bonds is 7. The zero-order valence-electron chi connectivity index (χ0n) is 13.8. The van der Waals surface area contributed by atoms with Crippen molar-refractivity contribution in [3.05, 3.63) is 0 Å². The van der Waals surface area contributed by atoms with Gasteiger partial charge in [0, 0.05) is 31.6 Å². The van der Waals surface area contributed by atoms with E-state index in [-0.39, 0.29) is 30.2 Å². The van der Waals surface area contributed by atoms with Gasteiger partial charge in [0.05, 0.1) is 11.7 Å². The Labute approximate surface area is 137 Å². The van der Waals surface area contributed by atoms with Gasteiger partial charge in [0.1, 0.15) is 0 Å². The van der Waals surface area contributed by atoms with Gasteiger partial charge >= 0.3 is 5.97 Å². The van der Waals surface area contributed by atoms with Gasteiger partial charge in [-0.3, -0.25) is 9.59 Å². The molecule has 0 aromatic heterocycles. The Morgan fingerprint density at radius 1 is 1.22 bits per heavy atom. The van der Waals surface area contributed by atoms with Crippen LogP contribution in [-0.2, 0) is 19.6 Å². The Hall–Kier alpha value is -1.15. The van der Waals surface area contributed by atoms with Crippen LogP contribution in [0.2, 0.25) is 0 Å². The van der Waals surface area contributed by atoms with Gasteiger partial charge in [-0.05, 0) is 32.6 Å². The lowest BCUT2D eigenvalue weighted by molar-refractivity contribution is -0.144. The smallest absolute Gasteiger partial charge is 0.308 e. The van der Waals surface area contributed by atoms with E-state index in [0.717, 1.165) is 12.8 Å². The monoisotopic (exact) mass is 346 g/mol. The molecule has 0 aromatic carbocycles. The van der Waals surface area contributed by atoms with Crippen LogP contribution in [0.4, 0.5) is 0 Å². The minimum absolute atomic E-state index is 0.00542. The minimum atomic E-state index is -3.19. The normalized spacial score (nSPS) is 21.8. The number of carboxylic acid groups (broad SMARTS) is 1. The maximum atomic E-state index is 12.7. The summed E-state index contributed by atoms with van der Waals surface area (Å²) < 4.78 is 25.2. The zero-order chi connectivity index (χ0) is 17.2. The van der Waals surface area contributed by atoms with Crippen LogP contribution in [0.25, 0.3) is 0 Å². The summed E-state index contributed by atoms with van der Waals surface area (Å²) in [5.74, 6) is -1.60. The van der Waals surface area contributed by atoms with Crippen molar-refractivity contribution in [2.45, 2.75) is 45.6 Å². The third kappa shape index (κ3) is 4.44. The summed E-state index contributed by atoms with van der Waals surface area (Å²) in [6.45, 7) is 4.22. The Balaban J connectivity index is 1.95. The average molecular weight is 346 g/mol. The molecule has 1 aliphatic heterocycles. The van der Waals surface area contributed by atoms with E-state index in [0.29, 0.717) is 25.9 Å². The molecule has 7 nitrogen and oxygen atoms in total. The van der Waals surface area contributed by atoms with E-state index >= 15 is 0 Å². The predicted octanol–water partition coefficient (Wildman–Crippen LogP) is 0.760. The summed E-state index contributed by atoms with van der Waals surface area (Å²) in [4.78, 5) is 25.5. The number of sulfonamides is 1. The molecule has 0 aromatic rings. The van der Waals surface area contributed by atoms with Crippen molar-refractivity contribution in [2.75, 3.05) is 25.4 Å². The van der Waals surface area contributed by atoms with Crippen LogP contribution in [0.1, 0.15) is 39.5 Å². The standard InChI is InChI=1S/C15H26N2O5S/c1-3-23(21,22)16-8-6-12(7-9-16)14(18)17(13-4-5-13)10-11(2)15(19)20/h11-13H,3-10H2,1-2H3,(H,19,20). The summed E-state index contributed by atoms with van der Waals surface area (Å²) in [7, 11) is -3.19. The molecule has 1 N–H and O–H groups in total. The maximum Gasteiger partial charge on any atom is 0.308 e. The molecule has 0 radical (unpaired) electrons. The number of hydrogen-bond acceptors (Lipinski definition) is 4. The molecule has 2 fully saturated rings. The van der Waals surface area contributed by atoms with E-state index in [1.54, 1.807) is 18.7 Å². The van der Waals surface area contributed by atoms with E-state index in [4.69, 9.17) is 5.11 Å². The van der Waals surface area contributed by atoms with Crippen LogP contribution in [0.3, 0.4) is 0 Å². The number of amides is 1. The lowest BCUT2D eigenvalue weighted by Crippen LogP contribution is -2.46. The number of hydrogen-bond donors (Lipinski definition) is 1. The summed E-state index contributed by atoms with van der Waals surface area (Å²) in [6, 6.07) is 0.168. The van der Waals surface area contributed by atoms with Gasteiger partial charge in [0.15, 0.2) is 0 Å². The molecule has 0 spiro atoms. The lowest BCUT2D eigenvalue weighted by atomic mass is 9.96. The van der Waals surface area contributed by atoms with Crippen LogP contribution in [0.5, 0.6) is 0 Å². The van der Waals surface area contributed by atoms with E-state index in [1.165, 1.54) is 4.31 Å². The first-order valence-electron chi connectivity index (χ1n) is 8.27. The highest BCUT2D eigenvalue weighted by atomic mass is 32.2. The maximum absolute atomic E-state index is 12.7. The number of piperidine rings is 1. The first-order valence-corrected chi connectivity index (χ1v) is 9.88. The molecule has 0 bridgehead atoms. The van der Waals surface area contributed by atoms with Crippen molar-refractivity contribution in [3.8, 4) is 0 Å². The molecular formula is C15H26N2O5S. The van der Waals surface area contributed by atoms with E-state index in [9.17, 15) is 18.0 Å². The van der Waals surface area contributed by atoms with Gasteiger partial charge in [-0.15, -0.1) is 0 Å². The van der Waals surface area contributed by atoms with Crippen molar-refractivity contribution in [1.29, 1.82) is 0 Å². The van der Waals surface area contributed by atoms with Crippen LogP contribution < -0.4 is 0 Å². The molecule has 1 saturated heterocycles. The SMILES string of the molecule is CCS(=O)(=O)N1CCC(C(=O)N(CC(C)C(=O)O)C2CC2)CC1. The second-order valence-corrected chi connectivity index (χ2v) is 8.79. The number of aliphatic carboxylic acids is 1. The molecule has 1 atom stereocenters. The summed E-state index contributed by atoms with van der Waals surface area (Å²) in [6.07, 6.45) is 2.90. The molecule has 1 heterocycles. The van der Waals surface area contributed by atoms with Crippen molar-refractivity contribution in [1.82, 2.24) is 9.21 Å². The Morgan fingerprint density at radius 3 is 2.22 bits per heavy atom. The summed E-state index contributed by atoms with van der Waals surface area (Å²) >= 11 is 0. The molecule has 1 saturated carbocycles. The van der Waals surface area contributed by atoms with Crippen molar-refractivity contribution < 1.29 is 23.1 Å². The molecule has 1 unspecified atom stereocenters. The Kier molecular flexibility index (Phi) is 5.67. The summed E-state index contributed by atoms with van der Waals surface area (Å²) in [5, 5.41) is 9.07. The molecule has 1 amide bonds. The van der Waals surface area contributed by atoms with Crippen LogP contribution in [0, 0.1) is 11.8 Å². The zero-order valence-corrected chi connectivity index (χ0v) is 14.6. The second kappa shape index (κ2) is 7.17. The van der Waals surface area contributed by atoms with Gasteiger partial charge in [-0.1, -0.05) is 6.92 Å². The fraction of sp³-hybridized carbons (Fsp3) is 0.867. The van der Waals surface area contributed by atoms with Crippen LogP contribution in [-0.4, -0.2) is 66.0 Å². The second-order valence-electron chi connectivity index (χ2n) is 6.53.